The summed E-state index contributed by atoms with van der Waals surface area (Å²) in [6.45, 7) is 0. The van der Waals surface area contributed by atoms with Crippen molar-refractivity contribution < 1.29 is 0 Å². The zero-order valence-corrected chi connectivity index (χ0v) is 36.3. The topological polar surface area (TPSA) is 107 Å². The van der Waals surface area contributed by atoms with Crippen LogP contribution in [0.5, 0.6) is 0 Å². The molecular weight excluding hydrogens is 831 g/mol. The molecule has 9 aromatic carbocycles. The van der Waals surface area contributed by atoms with E-state index in [0.29, 0.717) is 28.2 Å². The summed E-state index contributed by atoms with van der Waals surface area (Å²) in [5.41, 5.74) is 16.2. The number of hydrogen-bond donors (Lipinski definition) is 0. The van der Waals surface area contributed by atoms with Gasteiger partial charge in [-0.25, -0.2) is 9.97 Å². The highest BCUT2D eigenvalue weighted by Crippen LogP contribution is 2.38. The van der Waals surface area contributed by atoms with E-state index in [9.17, 15) is 15.8 Å². The van der Waals surface area contributed by atoms with Crippen LogP contribution in [0.2, 0.25) is 0 Å². The number of nitrogens with zero attached hydrogens (tertiary/aromatic N) is 7. The first-order chi connectivity index (χ1) is 33.5. The minimum absolute atomic E-state index is 0.526. The molecule has 68 heavy (non-hydrogen) atoms. The summed E-state index contributed by atoms with van der Waals surface area (Å²) in [5, 5.41) is 34.1. The summed E-state index contributed by atoms with van der Waals surface area (Å²) in [5.74, 6) is 0.526. The summed E-state index contributed by atoms with van der Waals surface area (Å²) in [6.07, 6.45) is 0. The molecule has 0 aliphatic heterocycles. The zero-order valence-electron chi connectivity index (χ0n) is 36.3. The van der Waals surface area contributed by atoms with Crippen molar-refractivity contribution in [2.75, 3.05) is 0 Å². The van der Waals surface area contributed by atoms with Gasteiger partial charge in [0.15, 0.2) is 5.82 Å². The van der Waals surface area contributed by atoms with Crippen LogP contribution in [-0.4, -0.2) is 19.1 Å². The normalized spacial score (nSPS) is 11.2. The standard InChI is InChI=1S/C61H35N7/c62-36-39-13-17-43(18-14-39)55-35-56(66-61(65-55)45-19-15-40(37-63)16-20-45)44-23-21-41(22-24-44)46-27-31-50(47(33-46)38-64)42-25-28-48(29-26-42)67-59-12-6-3-9-53(59)54-34-49(30-32-60(54)67)68-57-10-4-1-7-51(57)52-8-2-5-11-58(52)68/h1-35H. The van der Waals surface area contributed by atoms with Crippen LogP contribution in [0.3, 0.4) is 0 Å². The van der Waals surface area contributed by atoms with Crippen LogP contribution in [0.4, 0.5) is 0 Å². The van der Waals surface area contributed by atoms with Crippen molar-refractivity contribution in [3.63, 3.8) is 0 Å². The average Bonchev–Trinajstić information content (AvgIpc) is 3.93. The van der Waals surface area contributed by atoms with Crippen molar-refractivity contribution in [1.29, 1.82) is 15.8 Å². The van der Waals surface area contributed by atoms with Crippen molar-refractivity contribution in [3.05, 3.63) is 229 Å². The highest BCUT2D eigenvalue weighted by Gasteiger charge is 2.18. The predicted molar refractivity (Wildman–Crippen MR) is 272 cm³/mol. The maximum atomic E-state index is 10.5. The van der Waals surface area contributed by atoms with Gasteiger partial charge in [-0.1, -0.05) is 115 Å². The van der Waals surface area contributed by atoms with Crippen LogP contribution in [0, 0.1) is 34.0 Å². The smallest absolute Gasteiger partial charge is 0.160 e. The van der Waals surface area contributed by atoms with E-state index in [1.807, 2.05) is 66.7 Å². The lowest BCUT2D eigenvalue weighted by Gasteiger charge is -2.12. The van der Waals surface area contributed by atoms with Gasteiger partial charge in [0.1, 0.15) is 0 Å². The molecule has 0 radical (unpaired) electrons. The Morgan fingerprint density at radius 2 is 0.765 bits per heavy atom. The Labute approximate surface area is 391 Å². The highest BCUT2D eigenvalue weighted by atomic mass is 15.0. The van der Waals surface area contributed by atoms with Gasteiger partial charge in [0.2, 0.25) is 0 Å². The number of hydrogen-bond acceptors (Lipinski definition) is 5. The zero-order chi connectivity index (χ0) is 45.7. The van der Waals surface area contributed by atoms with Crippen LogP contribution in [0.25, 0.3) is 111 Å². The monoisotopic (exact) mass is 865 g/mol. The molecule has 0 amide bonds. The summed E-state index contributed by atoms with van der Waals surface area (Å²) >= 11 is 0. The van der Waals surface area contributed by atoms with Crippen LogP contribution in [0.15, 0.2) is 212 Å². The molecular formula is C61H35N7. The van der Waals surface area contributed by atoms with Gasteiger partial charge in [-0.15, -0.1) is 0 Å². The first kappa shape index (κ1) is 39.7. The van der Waals surface area contributed by atoms with Crippen LogP contribution >= 0.6 is 0 Å². The third-order valence-electron chi connectivity index (χ3n) is 12.9. The molecule has 0 atom stereocenters. The molecule has 12 rings (SSSR count). The van der Waals surface area contributed by atoms with Gasteiger partial charge in [0.05, 0.1) is 68.4 Å². The Kier molecular flexibility index (Phi) is 9.51. The third-order valence-corrected chi connectivity index (χ3v) is 12.9. The van der Waals surface area contributed by atoms with E-state index < -0.39 is 0 Å². The fourth-order valence-electron chi connectivity index (χ4n) is 9.55. The molecule has 0 aliphatic carbocycles. The Bertz CT molecular complexity index is 3950. The predicted octanol–water partition coefficient (Wildman–Crippen LogP) is 14.6. The van der Waals surface area contributed by atoms with Gasteiger partial charge in [-0.2, -0.15) is 15.8 Å². The molecule has 3 aromatic heterocycles. The second kappa shape index (κ2) is 16.3. The lowest BCUT2D eigenvalue weighted by atomic mass is 9.94. The van der Waals surface area contributed by atoms with E-state index in [-0.39, 0.29) is 0 Å². The molecule has 12 aromatic rings. The van der Waals surface area contributed by atoms with Crippen molar-refractivity contribution in [2.24, 2.45) is 0 Å². The van der Waals surface area contributed by atoms with E-state index >= 15 is 0 Å². The molecule has 0 spiro atoms. The third kappa shape index (κ3) is 6.74. The molecule has 7 nitrogen and oxygen atoms in total. The van der Waals surface area contributed by atoms with Crippen molar-refractivity contribution in [2.45, 2.75) is 0 Å². The van der Waals surface area contributed by atoms with Gasteiger partial charge in [-0.3, -0.25) is 0 Å². The summed E-state index contributed by atoms with van der Waals surface area (Å²) < 4.78 is 4.69. The molecule has 7 heteroatoms. The lowest BCUT2D eigenvalue weighted by molar-refractivity contribution is 1.17. The minimum Gasteiger partial charge on any atom is -0.309 e. The van der Waals surface area contributed by atoms with Gasteiger partial charge in [0.25, 0.3) is 0 Å². The number of para-hydroxylation sites is 3. The molecule has 0 unspecified atom stereocenters. The van der Waals surface area contributed by atoms with E-state index in [1.165, 1.54) is 32.6 Å². The van der Waals surface area contributed by atoms with E-state index in [2.05, 4.69) is 149 Å². The highest BCUT2D eigenvalue weighted by molar-refractivity contribution is 6.12. The minimum atomic E-state index is 0.526. The SMILES string of the molecule is N#Cc1ccc(-c2cc(-c3ccc(-c4ccc(-c5ccc(-n6c7ccccc7c7cc(-n8c9ccccc9c9ccccc98)ccc76)cc5)c(C#N)c4)cc3)nc(-c3ccc(C#N)cc3)n2)cc1. The largest absolute Gasteiger partial charge is 0.309 e. The van der Waals surface area contributed by atoms with Crippen molar-refractivity contribution >= 4 is 43.6 Å². The molecule has 3 heterocycles. The maximum absolute atomic E-state index is 10.5. The number of aromatic nitrogens is 4. The van der Waals surface area contributed by atoms with E-state index in [1.54, 1.807) is 24.3 Å². The van der Waals surface area contributed by atoms with Gasteiger partial charge >= 0.3 is 0 Å². The van der Waals surface area contributed by atoms with Crippen LogP contribution < -0.4 is 0 Å². The Balaban J connectivity index is 0.857. The Hall–Kier alpha value is -9.87. The summed E-state index contributed by atoms with van der Waals surface area (Å²) in [4.78, 5) is 9.84. The van der Waals surface area contributed by atoms with E-state index in [4.69, 9.17) is 9.97 Å². The average molecular weight is 866 g/mol. The first-order valence-corrected chi connectivity index (χ1v) is 22.2. The van der Waals surface area contributed by atoms with Crippen molar-refractivity contribution in [3.8, 4) is 85.7 Å². The number of fused-ring (bicyclic) bond motifs is 6. The number of nitriles is 3. The van der Waals surface area contributed by atoms with Gasteiger partial charge < -0.3 is 9.13 Å². The number of benzene rings is 9. The molecule has 0 fully saturated rings. The number of rotatable bonds is 7. The molecule has 0 saturated heterocycles. The summed E-state index contributed by atoms with van der Waals surface area (Å²) in [7, 11) is 0. The second-order valence-electron chi connectivity index (χ2n) is 16.8. The summed E-state index contributed by atoms with van der Waals surface area (Å²) in [6, 6.07) is 78.5. The molecule has 314 valence electrons. The maximum Gasteiger partial charge on any atom is 0.160 e. The fourth-order valence-corrected chi connectivity index (χ4v) is 9.55. The lowest BCUT2D eigenvalue weighted by Crippen LogP contribution is -1.96. The van der Waals surface area contributed by atoms with Crippen LogP contribution in [-0.2, 0) is 0 Å². The molecule has 0 bridgehead atoms. The molecule has 0 saturated carbocycles. The van der Waals surface area contributed by atoms with Crippen molar-refractivity contribution in [1.82, 2.24) is 19.1 Å². The van der Waals surface area contributed by atoms with E-state index in [0.717, 1.165) is 67.0 Å². The molecule has 0 N–H and O–H groups in total. The fraction of sp³-hybridized carbons (Fsp3) is 0. The molecule has 0 aliphatic rings. The second-order valence-corrected chi connectivity index (χ2v) is 16.8. The Morgan fingerprint density at radius 3 is 1.32 bits per heavy atom. The van der Waals surface area contributed by atoms with Crippen LogP contribution in [0.1, 0.15) is 16.7 Å². The Morgan fingerprint density at radius 1 is 0.324 bits per heavy atom. The first-order valence-electron chi connectivity index (χ1n) is 22.2. The quantitative estimate of drug-likeness (QED) is 0.159. The van der Waals surface area contributed by atoms with Gasteiger partial charge in [-0.05, 0) is 119 Å². The van der Waals surface area contributed by atoms with Gasteiger partial charge in [0, 0.05) is 49.6 Å².